The van der Waals surface area contributed by atoms with Gasteiger partial charge in [0.2, 0.25) is 0 Å². The number of rotatable bonds is 6. The molecule has 3 heterocycles. The Balaban J connectivity index is 2.24. The van der Waals surface area contributed by atoms with Crippen LogP contribution in [0.3, 0.4) is 0 Å². The minimum atomic E-state index is -0.485. The zero-order valence-corrected chi connectivity index (χ0v) is 14.5. The summed E-state index contributed by atoms with van der Waals surface area (Å²) in [5.74, 6) is 0.177. The van der Waals surface area contributed by atoms with E-state index < -0.39 is 5.97 Å². The molecule has 8 heteroatoms. The number of nitrogens with zero attached hydrogens (tertiary/aromatic N) is 4. The number of aromatic amines is 1. The molecule has 3 aromatic rings. The smallest absolute Gasteiger partial charge is 0.339 e. The molecule has 3 rings (SSSR count). The summed E-state index contributed by atoms with van der Waals surface area (Å²) in [5, 5.41) is 0. The van der Waals surface area contributed by atoms with Gasteiger partial charge in [0.15, 0.2) is 5.65 Å². The Morgan fingerprint density at radius 1 is 1.32 bits per heavy atom. The molecule has 0 fully saturated rings. The Hall–Kier alpha value is -2.90. The number of hydrogen-bond acceptors (Lipinski definition) is 5. The fourth-order valence-corrected chi connectivity index (χ4v) is 3.05. The first-order chi connectivity index (χ1) is 12.1. The first-order valence-electron chi connectivity index (χ1n) is 8.28. The van der Waals surface area contributed by atoms with Crippen molar-refractivity contribution < 1.29 is 9.53 Å². The van der Waals surface area contributed by atoms with E-state index in [1.165, 1.54) is 13.3 Å². The second kappa shape index (κ2) is 6.92. The maximum absolute atomic E-state index is 13.1. The molecule has 0 radical (unpaired) electrons. The van der Waals surface area contributed by atoms with Crippen molar-refractivity contribution in [2.24, 2.45) is 0 Å². The summed E-state index contributed by atoms with van der Waals surface area (Å²) in [6, 6.07) is 1.70. The number of aromatic nitrogens is 5. The van der Waals surface area contributed by atoms with E-state index in [9.17, 15) is 9.59 Å². The molecule has 0 aliphatic rings. The molecule has 8 nitrogen and oxygen atoms in total. The molecular formula is C17H21N5O3. The van der Waals surface area contributed by atoms with Crippen LogP contribution < -0.4 is 5.69 Å². The largest absolute Gasteiger partial charge is 0.465 e. The second-order valence-electron chi connectivity index (χ2n) is 5.80. The summed E-state index contributed by atoms with van der Waals surface area (Å²) < 4.78 is 8.06. The van der Waals surface area contributed by atoms with Gasteiger partial charge in [0, 0.05) is 24.6 Å². The first-order valence-corrected chi connectivity index (χ1v) is 8.28. The predicted molar refractivity (Wildman–Crippen MR) is 92.6 cm³/mol. The third-order valence-corrected chi connectivity index (χ3v) is 4.39. The van der Waals surface area contributed by atoms with Crippen LogP contribution in [0, 0.1) is 0 Å². The van der Waals surface area contributed by atoms with Gasteiger partial charge < -0.3 is 9.72 Å². The normalized spacial score (nSPS) is 11.4. The fourth-order valence-electron chi connectivity index (χ4n) is 3.05. The SMILES string of the molecule is CCC(CC)n1c(=O)n(Cc2ncc[nH]2)c2cc(C(=O)OC)cnc21. The van der Waals surface area contributed by atoms with Crippen LogP contribution in [0.4, 0.5) is 0 Å². The van der Waals surface area contributed by atoms with Crippen molar-refractivity contribution in [1.82, 2.24) is 24.1 Å². The molecule has 0 aliphatic carbocycles. The van der Waals surface area contributed by atoms with Gasteiger partial charge in [-0.05, 0) is 18.9 Å². The van der Waals surface area contributed by atoms with Crippen molar-refractivity contribution >= 4 is 17.1 Å². The molecule has 0 bridgehead atoms. The molecule has 0 aromatic carbocycles. The maximum Gasteiger partial charge on any atom is 0.339 e. The number of esters is 1. The molecular weight excluding hydrogens is 322 g/mol. The minimum absolute atomic E-state index is 0.0457. The number of methoxy groups -OCH3 is 1. The lowest BCUT2D eigenvalue weighted by atomic mass is 10.1. The minimum Gasteiger partial charge on any atom is -0.465 e. The van der Waals surface area contributed by atoms with Gasteiger partial charge >= 0.3 is 11.7 Å². The lowest BCUT2D eigenvalue weighted by Gasteiger charge is -2.13. The van der Waals surface area contributed by atoms with Crippen LogP contribution in [-0.2, 0) is 11.3 Å². The van der Waals surface area contributed by atoms with Gasteiger partial charge in [-0.25, -0.2) is 19.6 Å². The summed E-state index contributed by atoms with van der Waals surface area (Å²) in [6.45, 7) is 4.36. The summed E-state index contributed by atoms with van der Waals surface area (Å²) in [5.41, 5.74) is 1.31. The predicted octanol–water partition coefficient (Wildman–Crippen LogP) is 2.12. The van der Waals surface area contributed by atoms with Crippen molar-refractivity contribution in [3.05, 3.63) is 46.5 Å². The van der Waals surface area contributed by atoms with Gasteiger partial charge in [0.1, 0.15) is 5.82 Å². The topological polar surface area (TPSA) is 94.8 Å². The number of carbonyl (C=O) groups is 1. The molecule has 132 valence electrons. The molecule has 0 saturated carbocycles. The van der Waals surface area contributed by atoms with Crippen LogP contribution in [0.15, 0.2) is 29.5 Å². The lowest BCUT2D eigenvalue weighted by Crippen LogP contribution is -2.28. The molecule has 1 N–H and O–H groups in total. The Morgan fingerprint density at radius 3 is 2.68 bits per heavy atom. The van der Waals surface area contributed by atoms with Crippen LogP contribution in [0.5, 0.6) is 0 Å². The average Bonchev–Trinajstić information content (AvgIpc) is 3.24. The van der Waals surface area contributed by atoms with Crippen LogP contribution >= 0.6 is 0 Å². The standard InChI is InChI=1S/C17H21N5O3/c1-4-12(5-2)22-15-13(8-11(9-20-15)16(23)25-3)21(17(22)24)10-14-18-6-7-19-14/h6-9,12H,4-5,10H2,1-3H3,(H,18,19). The molecule has 0 amide bonds. The van der Waals surface area contributed by atoms with Gasteiger partial charge in [-0.2, -0.15) is 0 Å². The van der Waals surface area contributed by atoms with Crippen LogP contribution in [0.1, 0.15) is 48.9 Å². The van der Waals surface area contributed by atoms with E-state index in [0.717, 1.165) is 12.8 Å². The second-order valence-corrected chi connectivity index (χ2v) is 5.80. The zero-order valence-electron chi connectivity index (χ0n) is 14.5. The Labute approximate surface area is 144 Å². The number of carbonyl (C=O) groups excluding carboxylic acids is 1. The number of fused-ring (bicyclic) bond motifs is 1. The van der Waals surface area contributed by atoms with Crippen molar-refractivity contribution in [2.45, 2.75) is 39.3 Å². The van der Waals surface area contributed by atoms with Crippen LogP contribution in [-0.4, -0.2) is 37.2 Å². The molecule has 0 saturated heterocycles. The number of nitrogens with one attached hydrogen (secondary N) is 1. The lowest BCUT2D eigenvalue weighted by molar-refractivity contribution is 0.0600. The van der Waals surface area contributed by atoms with Gasteiger partial charge in [-0.1, -0.05) is 13.8 Å². The highest BCUT2D eigenvalue weighted by atomic mass is 16.5. The Kier molecular flexibility index (Phi) is 4.69. The monoisotopic (exact) mass is 343 g/mol. The Morgan fingerprint density at radius 2 is 2.08 bits per heavy atom. The van der Waals surface area contributed by atoms with E-state index in [1.54, 1.807) is 27.6 Å². The van der Waals surface area contributed by atoms with E-state index in [0.29, 0.717) is 22.6 Å². The molecule has 3 aromatic heterocycles. The number of hydrogen-bond donors (Lipinski definition) is 1. The van der Waals surface area contributed by atoms with Gasteiger partial charge in [0.05, 0.1) is 24.7 Å². The van der Waals surface area contributed by atoms with Crippen LogP contribution in [0.2, 0.25) is 0 Å². The third kappa shape index (κ3) is 2.95. The van der Waals surface area contributed by atoms with Crippen molar-refractivity contribution in [2.75, 3.05) is 7.11 Å². The summed E-state index contributed by atoms with van der Waals surface area (Å²) >= 11 is 0. The van der Waals surface area contributed by atoms with Crippen LogP contribution in [0.25, 0.3) is 11.2 Å². The molecule has 0 spiro atoms. The van der Waals surface area contributed by atoms with Gasteiger partial charge in [0.25, 0.3) is 0 Å². The summed E-state index contributed by atoms with van der Waals surface area (Å²) in [7, 11) is 1.32. The maximum atomic E-state index is 13.1. The van der Waals surface area contributed by atoms with Crippen molar-refractivity contribution in [3.63, 3.8) is 0 Å². The molecule has 0 unspecified atom stereocenters. The quantitative estimate of drug-likeness (QED) is 0.692. The molecule has 0 aliphatic heterocycles. The third-order valence-electron chi connectivity index (χ3n) is 4.39. The van der Waals surface area contributed by atoms with E-state index in [4.69, 9.17) is 4.74 Å². The zero-order chi connectivity index (χ0) is 18.0. The van der Waals surface area contributed by atoms with Gasteiger partial charge in [-0.3, -0.25) is 9.13 Å². The average molecular weight is 343 g/mol. The molecule has 25 heavy (non-hydrogen) atoms. The first kappa shape index (κ1) is 16.9. The highest BCUT2D eigenvalue weighted by Crippen LogP contribution is 2.21. The number of H-pyrrole nitrogens is 1. The summed E-state index contributed by atoms with van der Waals surface area (Å²) in [4.78, 5) is 36.5. The van der Waals surface area contributed by atoms with E-state index in [2.05, 4.69) is 15.0 Å². The highest BCUT2D eigenvalue weighted by Gasteiger charge is 2.21. The number of ether oxygens (including phenoxy) is 1. The fraction of sp³-hybridized carbons (Fsp3) is 0.412. The van der Waals surface area contributed by atoms with E-state index in [-0.39, 0.29) is 18.3 Å². The van der Waals surface area contributed by atoms with Crippen molar-refractivity contribution in [3.8, 4) is 0 Å². The number of pyridine rings is 1. The highest BCUT2D eigenvalue weighted by molar-refractivity contribution is 5.92. The Bertz CT molecular complexity index is 935. The molecule has 0 atom stereocenters. The summed E-state index contributed by atoms with van der Waals surface area (Å²) in [6.07, 6.45) is 6.42. The van der Waals surface area contributed by atoms with E-state index >= 15 is 0 Å². The van der Waals surface area contributed by atoms with Gasteiger partial charge in [-0.15, -0.1) is 0 Å². The number of imidazole rings is 2. The van der Waals surface area contributed by atoms with E-state index in [1.807, 2.05) is 13.8 Å². The van der Waals surface area contributed by atoms with Crippen molar-refractivity contribution in [1.29, 1.82) is 0 Å².